The fraction of sp³-hybridized carbons (Fsp3) is 0.417. The quantitative estimate of drug-likeness (QED) is 0.566. The van der Waals surface area contributed by atoms with Gasteiger partial charge in [-0.3, -0.25) is 9.59 Å². The van der Waals surface area contributed by atoms with Gasteiger partial charge in [-0.1, -0.05) is 23.2 Å². The minimum atomic E-state index is 0. The van der Waals surface area contributed by atoms with Crippen LogP contribution in [0.3, 0.4) is 0 Å². The van der Waals surface area contributed by atoms with E-state index in [-0.39, 0.29) is 48.7 Å². The normalized spacial score (nSPS) is 21.1. The Hall–Kier alpha value is -1.94. The van der Waals surface area contributed by atoms with Crippen LogP contribution in [0, 0.1) is 0 Å². The van der Waals surface area contributed by atoms with Crippen LogP contribution in [-0.2, 0) is 0 Å². The van der Waals surface area contributed by atoms with Gasteiger partial charge in [0.15, 0.2) is 0 Å². The Balaban J connectivity index is 0.000000190. The molecule has 2 fully saturated rings. The molecule has 2 amide bonds. The third-order valence-corrected chi connectivity index (χ3v) is 7.51. The van der Waals surface area contributed by atoms with E-state index in [9.17, 15) is 9.59 Å². The average molecular weight is 578 g/mol. The molecule has 2 aromatic rings. The molecule has 0 saturated carbocycles. The molecule has 0 aromatic heterocycles. The van der Waals surface area contributed by atoms with Crippen molar-refractivity contribution in [2.45, 2.75) is 12.1 Å². The summed E-state index contributed by atoms with van der Waals surface area (Å²) in [6.45, 7) is 4.61. The van der Waals surface area contributed by atoms with Gasteiger partial charge in [-0.15, -0.1) is 24.8 Å². The highest BCUT2D eigenvalue weighted by atomic mass is 35.5. The zero-order valence-corrected chi connectivity index (χ0v) is 23.0. The molecule has 8 nitrogen and oxygen atoms in total. The van der Waals surface area contributed by atoms with Crippen molar-refractivity contribution in [2.75, 3.05) is 53.5 Å². The predicted octanol–water partition coefficient (Wildman–Crippen LogP) is 3.74. The first-order chi connectivity index (χ1) is 16.5. The number of rotatable bonds is 2. The summed E-state index contributed by atoms with van der Waals surface area (Å²) in [5.41, 5.74) is 3.08. The Kier molecular flexibility index (Phi) is 9.25. The number of benzene rings is 2. The number of nitrogens with zero attached hydrogens (tertiary/aromatic N) is 2. The van der Waals surface area contributed by atoms with Gasteiger partial charge in [0.1, 0.15) is 11.5 Å². The van der Waals surface area contributed by atoms with Crippen LogP contribution in [0.25, 0.3) is 0 Å². The number of carbonyl (C=O) groups excluding carboxylic acids is 2. The van der Waals surface area contributed by atoms with Gasteiger partial charge in [-0.2, -0.15) is 0 Å². The minimum Gasteiger partial charge on any atom is -0.496 e. The molecule has 2 N–H and O–H groups in total. The Morgan fingerprint density at radius 1 is 0.750 bits per heavy atom. The highest BCUT2D eigenvalue weighted by molar-refractivity contribution is 6.33. The van der Waals surface area contributed by atoms with Crippen LogP contribution in [0.15, 0.2) is 24.3 Å². The Morgan fingerprint density at radius 3 is 1.50 bits per heavy atom. The van der Waals surface area contributed by atoms with Crippen LogP contribution < -0.4 is 20.1 Å². The molecule has 0 unspecified atom stereocenters. The predicted molar refractivity (Wildman–Crippen MR) is 144 cm³/mol. The molecule has 0 aliphatic carbocycles. The van der Waals surface area contributed by atoms with Crippen molar-refractivity contribution < 1.29 is 19.1 Å². The molecule has 4 heterocycles. The van der Waals surface area contributed by atoms with Crippen LogP contribution in [0.4, 0.5) is 0 Å². The number of piperazine rings is 2. The van der Waals surface area contributed by atoms with E-state index in [1.165, 1.54) is 0 Å². The van der Waals surface area contributed by atoms with E-state index in [4.69, 9.17) is 32.7 Å². The standard InChI is InChI=1S/2C12H13ClN2O2.2ClH/c2*1-17-9-3-2-7(13)10-8-6-14-4-5-15(8)12(16)11(9)10;;/h2*2-3,8,14H,4-6H2,1H3;2*1H/t2*8-;;/m10../s1. The molecule has 2 aromatic carbocycles. The van der Waals surface area contributed by atoms with Crippen molar-refractivity contribution in [3.05, 3.63) is 56.6 Å². The van der Waals surface area contributed by atoms with Crippen molar-refractivity contribution in [3.8, 4) is 11.5 Å². The van der Waals surface area contributed by atoms with Gasteiger partial charge < -0.3 is 29.9 Å². The molecular formula is C24H28Cl4N4O4. The van der Waals surface area contributed by atoms with E-state index in [0.717, 1.165) is 50.4 Å². The largest absolute Gasteiger partial charge is 0.496 e. The lowest BCUT2D eigenvalue weighted by atomic mass is 10.0. The molecule has 4 aliphatic rings. The van der Waals surface area contributed by atoms with E-state index in [1.807, 2.05) is 9.80 Å². The lowest BCUT2D eigenvalue weighted by Gasteiger charge is -2.30. The molecule has 0 bridgehead atoms. The molecule has 0 spiro atoms. The summed E-state index contributed by atoms with van der Waals surface area (Å²) in [4.78, 5) is 28.4. The van der Waals surface area contributed by atoms with Gasteiger partial charge >= 0.3 is 0 Å². The minimum absolute atomic E-state index is 0. The molecule has 2 saturated heterocycles. The summed E-state index contributed by atoms with van der Waals surface area (Å²) in [6.07, 6.45) is 0. The molecule has 36 heavy (non-hydrogen) atoms. The summed E-state index contributed by atoms with van der Waals surface area (Å²) >= 11 is 12.4. The van der Waals surface area contributed by atoms with Crippen molar-refractivity contribution >= 4 is 59.8 Å². The van der Waals surface area contributed by atoms with E-state index in [1.54, 1.807) is 38.5 Å². The molecular weight excluding hydrogens is 550 g/mol. The number of ether oxygens (including phenoxy) is 2. The zero-order chi connectivity index (χ0) is 24.0. The van der Waals surface area contributed by atoms with Crippen LogP contribution in [-0.4, -0.2) is 75.1 Å². The van der Waals surface area contributed by atoms with E-state index >= 15 is 0 Å². The van der Waals surface area contributed by atoms with Crippen molar-refractivity contribution in [3.63, 3.8) is 0 Å². The second-order valence-corrected chi connectivity index (χ2v) is 9.33. The lowest BCUT2D eigenvalue weighted by Crippen LogP contribution is -2.44. The first-order valence-corrected chi connectivity index (χ1v) is 12.0. The Morgan fingerprint density at radius 2 is 1.14 bits per heavy atom. The average Bonchev–Trinajstić information content (AvgIpc) is 3.34. The first-order valence-electron chi connectivity index (χ1n) is 11.2. The zero-order valence-electron chi connectivity index (χ0n) is 19.8. The third-order valence-electron chi connectivity index (χ3n) is 6.85. The smallest absolute Gasteiger partial charge is 0.258 e. The van der Waals surface area contributed by atoms with Crippen molar-refractivity contribution in [1.29, 1.82) is 0 Å². The Labute approximate surface area is 232 Å². The maximum absolute atomic E-state index is 12.3. The van der Waals surface area contributed by atoms with Gasteiger partial charge in [-0.05, 0) is 24.3 Å². The molecule has 4 aliphatic heterocycles. The summed E-state index contributed by atoms with van der Waals surface area (Å²) in [5.74, 6) is 1.30. The van der Waals surface area contributed by atoms with Crippen LogP contribution in [0.5, 0.6) is 11.5 Å². The van der Waals surface area contributed by atoms with Crippen LogP contribution in [0.1, 0.15) is 43.9 Å². The summed E-state index contributed by atoms with van der Waals surface area (Å²) in [5, 5.41) is 7.87. The maximum atomic E-state index is 12.3. The fourth-order valence-electron chi connectivity index (χ4n) is 5.28. The highest BCUT2D eigenvalue weighted by Crippen LogP contribution is 2.44. The lowest BCUT2D eigenvalue weighted by molar-refractivity contribution is 0.0681. The number of methoxy groups -OCH3 is 2. The fourth-order valence-corrected chi connectivity index (χ4v) is 5.85. The molecule has 0 radical (unpaired) electrons. The number of nitrogens with one attached hydrogen (secondary N) is 2. The topological polar surface area (TPSA) is 83.1 Å². The van der Waals surface area contributed by atoms with Crippen LogP contribution >= 0.6 is 48.0 Å². The molecule has 196 valence electrons. The number of halogens is 4. The number of hydrogen-bond donors (Lipinski definition) is 2. The van der Waals surface area contributed by atoms with Crippen LogP contribution in [0.2, 0.25) is 10.0 Å². The highest BCUT2D eigenvalue weighted by Gasteiger charge is 2.42. The Bertz CT molecular complexity index is 1080. The van der Waals surface area contributed by atoms with E-state index in [2.05, 4.69) is 10.6 Å². The van der Waals surface area contributed by atoms with E-state index < -0.39 is 0 Å². The van der Waals surface area contributed by atoms with Gasteiger partial charge in [0, 0.05) is 60.4 Å². The van der Waals surface area contributed by atoms with Crippen molar-refractivity contribution in [2.24, 2.45) is 0 Å². The number of hydrogen-bond acceptors (Lipinski definition) is 6. The molecule has 12 heteroatoms. The van der Waals surface area contributed by atoms with E-state index in [0.29, 0.717) is 32.7 Å². The van der Waals surface area contributed by atoms with Gasteiger partial charge in [0.25, 0.3) is 11.8 Å². The number of amides is 2. The second kappa shape index (κ2) is 11.6. The number of carbonyl (C=O) groups is 2. The van der Waals surface area contributed by atoms with Gasteiger partial charge in [0.2, 0.25) is 0 Å². The summed E-state index contributed by atoms with van der Waals surface area (Å²) in [6, 6.07) is 7.20. The number of fused-ring (bicyclic) bond motifs is 6. The first kappa shape index (κ1) is 28.6. The second-order valence-electron chi connectivity index (χ2n) is 8.51. The molecule has 2 atom stereocenters. The van der Waals surface area contributed by atoms with Gasteiger partial charge in [0.05, 0.1) is 37.4 Å². The maximum Gasteiger partial charge on any atom is 0.258 e. The van der Waals surface area contributed by atoms with Gasteiger partial charge in [-0.25, -0.2) is 0 Å². The summed E-state index contributed by atoms with van der Waals surface area (Å²) < 4.78 is 10.5. The van der Waals surface area contributed by atoms with Crippen molar-refractivity contribution in [1.82, 2.24) is 20.4 Å². The monoisotopic (exact) mass is 576 g/mol. The molecule has 6 rings (SSSR count). The third kappa shape index (κ3) is 4.59. The SMILES string of the molecule is COc1ccc(Cl)c2c1C(=O)N1CCNC[C@@H]21.COc1ccc(Cl)c2c1C(=O)N1CCNC[C@H]21.Cl.Cl. The summed E-state index contributed by atoms with van der Waals surface area (Å²) in [7, 11) is 3.15.